The van der Waals surface area contributed by atoms with E-state index >= 15 is 0 Å². The van der Waals surface area contributed by atoms with Crippen molar-refractivity contribution < 1.29 is 9.32 Å². The van der Waals surface area contributed by atoms with Gasteiger partial charge < -0.3 is 14.7 Å². The summed E-state index contributed by atoms with van der Waals surface area (Å²) >= 11 is 0. The molecule has 3 aromatic heterocycles. The summed E-state index contributed by atoms with van der Waals surface area (Å²) in [7, 11) is 1.89. The molecule has 154 valence electrons. The average molecular weight is 398 g/mol. The summed E-state index contributed by atoms with van der Waals surface area (Å²) in [6.45, 7) is 8.84. The van der Waals surface area contributed by atoms with E-state index in [-0.39, 0.29) is 11.9 Å². The third-order valence-corrected chi connectivity index (χ3v) is 5.31. The van der Waals surface area contributed by atoms with Gasteiger partial charge in [-0.1, -0.05) is 12.1 Å². The molecule has 1 amide bonds. The van der Waals surface area contributed by atoms with Gasteiger partial charge in [-0.3, -0.25) is 14.4 Å². The zero-order valence-corrected chi connectivity index (χ0v) is 17.2. The van der Waals surface area contributed by atoms with Crippen molar-refractivity contribution in [2.24, 2.45) is 7.05 Å². The first-order chi connectivity index (χ1) is 14.0. The van der Waals surface area contributed by atoms with Gasteiger partial charge in [-0.15, -0.1) is 0 Å². The van der Waals surface area contributed by atoms with Crippen molar-refractivity contribution in [1.29, 1.82) is 0 Å². The number of hydrogen-bond donors (Lipinski definition) is 1. The van der Waals surface area contributed by atoms with E-state index in [9.17, 15) is 4.79 Å². The number of aromatic nitrogens is 5. The lowest BCUT2D eigenvalue weighted by Crippen LogP contribution is -2.54. The molecule has 1 saturated heterocycles. The Balaban J connectivity index is 1.45. The van der Waals surface area contributed by atoms with Crippen molar-refractivity contribution in [3.8, 4) is 0 Å². The lowest BCUT2D eigenvalue weighted by Gasteiger charge is -2.38. The molecule has 0 aliphatic carbocycles. The minimum absolute atomic E-state index is 0.0539. The second kappa shape index (κ2) is 7.78. The van der Waals surface area contributed by atoms with Gasteiger partial charge >= 0.3 is 0 Å². The highest BCUT2D eigenvalue weighted by atomic mass is 16.5. The number of anilines is 2. The average Bonchev–Trinajstić information content (AvgIpc) is 3.28. The molecule has 0 bridgehead atoms. The smallest absolute Gasteiger partial charge is 0.242 e. The SMILES string of the molecule is CCC(C(=O)Nc1cc(C)on1)N1CCN(c2nc(C)nc3c2cnn3C)CC1. The summed E-state index contributed by atoms with van der Waals surface area (Å²) in [4.78, 5) is 26.4. The molecule has 1 aliphatic heterocycles. The number of nitrogens with zero attached hydrogens (tertiary/aromatic N) is 7. The molecular formula is C19H26N8O2. The number of carbonyl (C=O) groups is 1. The molecule has 0 radical (unpaired) electrons. The second-order valence-electron chi connectivity index (χ2n) is 7.36. The van der Waals surface area contributed by atoms with E-state index in [2.05, 4.69) is 35.3 Å². The van der Waals surface area contributed by atoms with E-state index in [1.807, 2.05) is 27.1 Å². The van der Waals surface area contributed by atoms with Gasteiger partial charge in [0.25, 0.3) is 0 Å². The van der Waals surface area contributed by atoms with Crippen LogP contribution in [-0.2, 0) is 11.8 Å². The van der Waals surface area contributed by atoms with E-state index in [1.54, 1.807) is 17.7 Å². The molecule has 0 aromatic carbocycles. The van der Waals surface area contributed by atoms with Crippen LogP contribution < -0.4 is 10.2 Å². The van der Waals surface area contributed by atoms with Crippen molar-refractivity contribution in [3.05, 3.63) is 23.8 Å². The van der Waals surface area contributed by atoms with Crippen LogP contribution in [0, 0.1) is 13.8 Å². The van der Waals surface area contributed by atoms with Crippen LogP contribution in [0.2, 0.25) is 0 Å². The Morgan fingerprint density at radius 2 is 2.00 bits per heavy atom. The summed E-state index contributed by atoms with van der Waals surface area (Å²) in [5, 5.41) is 12.0. The molecule has 4 rings (SSSR count). The Morgan fingerprint density at radius 1 is 1.24 bits per heavy atom. The topological polar surface area (TPSA) is 105 Å². The molecule has 3 aromatic rings. The molecule has 4 heterocycles. The van der Waals surface area contributed by atoms with Gasteiger partial charge in [0.05, 0.1) is 17.6 Å². The van der Waals surface area contributed by atoms with Gasteiger partial charge in [0.15, 0.2) is 11.5 Å². The fourth-order valence-corrected chi connectivity index (χ4v) is 3.84. The molecule has 1 N–H and O–H groups in total. The van der Waals surface area contributed by atoms with Crippen molar-refractivity contribution in [2.75, 3.05) is 36.4 Å². The molecule has 10 heteroatoms. The monoisotopic (exact) mass is 398 g/mol. The summed E-state index contributed by atoms with van der Waals surface area (Å²) in [5.41, 5.74) is 0.837. The molecule has 29 heavy (non-hydrogen) atoms. The van der Waals surface area contributed by atoms with Gasteiger partial charge in [-0.2, -0.15) is 5.10 Å². The number of nitrogens with one attached hydrogen (secondary N) is 1. The van der Waals surface area contributed by atoms with Crippen LogP contribution in [0.5, 0.6) is 0 Å². The van der Waals surface area contributed by atoms with Crippen LogP contribution in [0.25, 0.3) is 11.0 Å². The molecule has 0 saturated carbocycles. The largest absolute Gasteiger partial charge is 0.360 e. The minimum atomic E-state index is -0.209. The molecule has 10 nitrogen and oxygen atoms in total. The third kappa shape index (κ3) is 3.80. The maximum atomic E-state index is 12.7. The zero-order valence-electron chi connectivity index (χ0n) is 17.2. The summed E-state index contributed by atoms with van der Waals surface area (Å²) in [6, 6.07) is 1.51. The fraction of sp³-hybridized carbons (Fsp3) is 0.526. The number of piperazine rings is 1. The molecule has 1 unspecified atom stereocenters. The summed E-state index contributed by atoms with van der Waals surface area (Å²) in [5.74, 6) is 2.72. The molecular weight excluding hydrogens is 372 g/mol. The van der Waals surface area contributed by atoms with Crippen LogP contribution >= 0.6 is 0 Å². The summed E-state index contributed by atoms with van der Waals surface area (Å²) < 4.78 is 6.80. The lowest BCUT2D eigenvalue weighted by molar-refractivity contribution is -0.121. The van der Waals surface area contributed by atoms with Gasteiger partial charge in [0.2, 0.25) is 5.91 Å². The Hall–Kier alpha value is -3.01. The first-order valence-corrected chi connectivity index (χ1v) is 9.85. The van der Waals surface area contributed by atoms with Crippen LogP contribution in [-0.4, -0.2) is 67.9 Å². The van der Waals surface area contributed by atoms with Gasteiger partial charge in [0, 0.05) is 39.3 Å². The van der Waals surface area contributed by atoms with Gasteiger partial charge in [-0.05, 0) is 20.3 Å². The molecule has 1 fully saturated rings. The molecule has 1 atom stereocenters. The van der Waals surface area contributed by atoms with Crippen LogP contribution in [0.4, 0.5) is 11.6 Å². The van der Waals surface area contributed by atoms with E-state index < -0.39 is 0 Å². The van der Waals surface area contributed by atoms with Crippen molar-refractivity contribution >= 4 is 28.6 Å². The maximum Gasteiger partial charge on any atom is 0.242 e. The first kappa shape index (κ1) is 19.3. The second-order valence-corrected chi connectivity index (χ2v) is 7.36. The highest BCUT2D eigenvalue weighted by Crippen LogP contribution is 2.25. The van der Waals surface area contributed by atoms with Crippen LogP contribution in [0.3, 0.4) is 0 Å². The number of rotatable bonds is 5. The number of amides is 1. The highest BCUT2D eigenvalue weighted by molar-refractivity contribution is 5.94. The quantitative estimate of drug-likeness (QED) is 0.689. The molecule has 0 spiro atoms. The lowest BCUT2D eigenvalue weighted by atomic mass is 10.1. The van der Waals surface area contributed by atoms with Crippen molar-refractivity contribution in [3.63, 3.8) is 0 Å². The standard InChI is InChI=1S/C19H26N8O2/c1-5-15(19(28)23-16-10-12(2)29-24-16)26-6-8-27(9-7-26)18-14-11-20-25(4)17(14)21-13(3)22-18/h10-11,15H,5-9H2,1-4H3,(H,23,24,28). The predicted octanol–water partition coefficient (Wildman–Crippen LogP) is 1.51. The van der Waals surface area contributed by atoms with E-state index in [0.717, 1.165) is 55.3 Å². The Morgan fingerprint density at radius 3 is 2.66 bits per heavy atom. The highest BCUT2D eigenvalue weighted by Gasteiger charge is 2.29. The van der Waals surface area contributed by atoms with Crippen molar-refractivity contribution in [1.82, 2.24) is 29.8 Å². The minimum Gasteiger partial charge on any atom is -0.360 e. The van der Waals surface area contributed by atoms with Crippen molar-refractivity contribution in [2.45, 2.75) is 33.2 Å². The van der Waals surface area contributed by atoms with E-state index in [1.165, 1.54) is 0 Å². The maximum absolute atomic E-state index is 12.7. The third-order valence-electron chi connectivity index (χ3n) is 5.31. The molecule has 1 aliphatic rings. The fourth-order valence-electron chi connectivity index (χ4n) is 3.84. The predicted molar refractivity (Wildman–Crippen MR) is 109 cm³/mol. The number of carbonyl (C=O) groups excluding carboxylic acids is 1. The first-order valence-electron chi connectivity index (χ1n) is 9.85. The normalized spacial score (nSPS) is 16.3. The Bertz CT molecular complexity index is 1020. The van der Waals surface area contributed by atoms with Crippen LogP contribution in [0.1, 0.15) is 24.9 Å². The summed E-state index contributed by atoms with van der Waals surface area (Å²) in [6.07, 6.45) is 2.54. The zero-order chi connectivity index (χ0) is 20.5. The Labute approximate surface area is 168 Å². The van der Waals surface area contributed by atoms with E-state index in [4.69, 9.17) is 4.52 Å². The number of fused-ring (bicyclic) bond motifs is 1. The van der Waals surface area contributed by atoms with Crippen LogP contribution in [0.15, 0.2) is 16.8 Å². The Kier molecular flexibility index (Phi) is 5.18. The number of hydrogen-bond acceptors (Lipinski definition) is 8. The van der Waals surface area contributed by atoms with Gasteiger partial charge in [0.1, 0.15) is 17.4 Å². The van der Waals surface area contributed by atoms with Gasteiger partial charge in [-0.25, -0.2) is 9.97 Å². The van der Waals surface area contributed by atoms with E-state index in [0.29, 0.717) is 11.6 Å². The number of aryl methyl sites for hydroxylation is 3.